The molecule has 0 aliphatic carbocycles. The van der Waals surface area contributed by atoms with Crippen LogP contribution in [0.5, 0.6) is 0 Å². The highest BCUT2D eigenvalue weighted by Crippen LogP contribution is 2.18. The zero-order valence-electron chi connectivity index (χ0n) is 16.7. The SMILES string of the molecule is Cc1nc(C(=O)Nc2ccc(N(C)C)cc2)cc(N(C)Cc2ccccc2)n1. The average molecular weight is 375 g/mol. The van der Waals surface area contributed by atoms with Crippen molar-refractivity contribution in [3.63, 3.8) is 0 Å². The van der Waals surface area contributed by atoms with Crippen LogP contribution in [-0.4, -0.2) is 37.0 Å². The van der Waals surface area contributed by atoms with Crippen LogP contribution >= 0.6 is 0 Å². The van der Waals surface area contributed by atoms with Gasteiger partial charge in [0.05, 0.1) is 0 Å². The smallest absolute Gasteiger partial charge is 0.274 e. The summed E-state index contributed by atoms with van der Waals surface area (Å²) >= 11 is 0. The second-order valence-electron chi connectivity index (χ2n) is 6.90. The maximum atomic E-state index is 12.7. The summed E-state index contributed by atoms with van der Waals surface area (Å²) in [5.74, 6) is 1.02. The van der Waals surface area contributed by atoms with Crippen LogP contribution in [0.2, 0.25) is 0 Å². The van der Waals surface area contributed by atoms with E-state index in [0.29, 0.717) is 23.9 Å². The van der Waals surface area contributed by atoms with E-state index in [-0.39, 0.29) is 5.91 Å². The van der Waals surface area contributed by atoms with Crippen molar-refractivity contribution in [3.05, 3.63) is 77.7 Å². The standard InChI is InChI=1S/C22H25N5O/c1-16-23-20(22(28)25-18-10-12-19(13-11-18)26(2)3)14-21(24-16)27(4)15-17-8-6-5-7-9-17/h5-14H,15H2,1-4H3,(H,25,28). The van der Waals surface area contributed by atoms with E-state index < -0.39 is 0 Å². The zero-order valence-corrected chi connectivity index (χ0v) is 16.7. The molecule has 0 aliphatic heterocycles. The van der Waals surface area contributed by atoms with Crippen LogP contribution in [0.4, 0.5) is 17.2 Å². The Bertz CT molecular complexity index is 939. The molecular weight excluding hydrogens is 350 g/mol. The van der Waals surface area contributed by atoms with Gasteiger partial charge in [0, 0.05) is 45.1 Å². The van der Waals surface area contributed by atoms with Crippen molar-refractivity contribution in [2.24, 2.45) is 0 Å². The van der Waals surface area contributed by atoms with Crippen molar-refractivity contribution in [1.29, 1.82) is 0 Å². The number of nitrogens with zero attached hydrogens (tertiary/aromatic N) is 4. The van der Waals surface area contributed by atoms with Crippen LogP contribution in [0, 0.1) is 6.92 Å². The quantitative estimate of drug-likeness (QED) is 0.711. The van der Waals surface area contributed by atoms with E-state index >= 15 is 0 Å². The summed E-state index contributed by atoms with van der Waals surface area (Å²) in [4.78, 5) is 25.5. The predicted molar refractivity (Wildman–Crippen MR) is 114 cm³/mol. The molecule has 1 aromatic heterocycles. The molecule has 1 N–H and O–H groups in total. The first-order valence-electron chi connectivity index (χ1n) is 9.12. The normalized spacial score (nSPS) is 10.4. The molecule has 1 amide bonds. The number of anilines is 3. The second-order valence-corrected chi connectivity index (χ2v) is 6.90. The fourth-order valence-corrected chi connectivity index (χ4v) is 2.84. The second kappa shape index (κ2) is 8.52. The third-order valence-electron chi connectivity index (χ3n) is 4.35. The molecule has 144 valence electrons. The Kier molecular flexibility index (Phi) is 5.89. The molecule has 6 nitrogen and oxygen atoms in total. The van der Waals surface area contributed by atoms with Crippen LogP contribution in [0.1, 0.15) is 21.9 Å². The van der Waals surface area contributed by atoms with E-state index in [0.717, 1.165) is 11.4 Å². The van der Waals surface area contributed by atoms with Gasteiger partial charge in [0.15, 0.2) is 0 Å². The van der Waals surface area contributed by atoms with E-state index in [2.05, 4.69) is 27.4 Å². The van der Waals surface area contributed by atoms with Gasteiger partial charge < -0.3 is 15.1 Å². The molecule has 0 fully saturated rings. The molecule has 28 heavy (non-hydrogen) atoms. The van der Waals surface area contributed by atoms with Crippen LogP contribution in [-0.2, 0) is 6.54 Å². The summed E-state index contributed by atoms with van der Waals surface area (Å²) in [5, 5.41) is 2.90. The first kappa shape index (κ1) is 19.4. The van der Waals surface area contributed by atoms with E-state index in [9.17, 15) is 4.79 Å². The molecule has 0 atom stereocenters. The lowest BCUT2D eigenvalue weighted by Gasteiger charge is -2.19. The minimum Gasteiger partial charge on any atom is -0.378 e. The molecule has 0 saturated heterocycles. The number of carbonyl (C=O) groups is 1. The highest BCUT2D eigenvalue weighted by atomic mass is 16.1. The van der Waals surface area contributed by atoms with Gasteiger partial charge in [-0.25, -0.2) is 9.97 Å². The van der Waals surface area contributed by atoms with Crippen LogP contribution in [0.25, 0.3) is 0 Å². The molecule has 0 spiro atoms. The fourth-order valence-electron chi connectivity index (χ4n) is 2.84. The molecule has 0 bridgehead atoms. The van der Waals surface area contributed by atoms with Gasteiger partial charge in [0.25, 0.3) is 5.91 Å². The van der Waals surface area contributed by atoms with Crippen molar-refractivity contribution < 1.29 is 4.79 Å². The summed E-state index contributed by atoms with van der Waals surface area (Å²) in [5.41, 5.74) is 3.32. The van der Waals surface area contributed by atoms with E-state index in [1.807, 2.05) is 73.4 Å². The number of benzene rings is 2. The summed E-state index contributed by atoms with van der Waals surface area (Å²) in [6.45, 7) is 2.49. The Morgan fingerprint density at radius 1 is 0.964 bits per heavy atom. The first-order valence-corrected chi connectivity index (χ1v) is 9.12. The molecule has 3 rings (SSSR count). The fraction of sp³-hybridized carbons (Fsp3) is 0.227. The first-order chi connectivity index (χ1) is 13.4. The van der Waals surface area contributed by atoms with Gasteiger partial charge in [-0.2, -0.15) is 0 Å². The third-order valence-corrected chi connectivity index (χ3v) is 4.35. The summed E-state index contributed by atoms with van der Waals surface area (Å²) < 4.78 is 0. The minimum atomic E-state index is -0.252. The number of aryl methyl sites for hydroxylation is 1. The van der Waals surface area contributed by atoms with Crippen molar-refractivity contribution in [2.45, 2.75) is 13.5 Å². The molecule has 0 unspecified atom stereocenters. The van der Waals surface area contributed by atoms with Crippen LogP contribution in [0.3, 0.4) is 0 Å². The van der Waals surface area contributed by atoms with E-state index in [1.54, 1.807) is 13.0 Å². The maximum absolute atomic E-state index is 12.7. The number of amides is 1. The molecule has 0 aliphatic rings. The molecule has 3 aromatic rings. The number of hydrogen-bond acceptors (Lipinski definition) is 5. The Hall–Kier alpha value is -3.41. The van der Waals surface area contributed by atoms with E-state index in [1.165, 1.54) is 5.56 Å². The van der Waals surface area contributed by atoms with Crippen molar-refractivity contribution in [1.82, 2.24) is 9.97 Å². The van der Waals surface area contributed by atoms with Crippen molar-refractivity contribution in [3.8, 4) is 0 Å². The predicted octanol–water partition coefficient (Wildman–Crippen LogP) is 3.74. The van der Waals surface area contributed by atoms with Gasteiger partial charge in [-0.1, -0.05) is 30.3 Å². The molecule has 1 heterocycles. The van der Waals surface area contributed by atoms with Gasteiger partial charge in [0.2, 0.25) is 0 Å². The average Bonchev–Trinajstić information content (AvgIpc) is 2.68. The number of carbonyl (C=O) groups excluding carboxylic acids is 1. The number of hydrogen-bond donors (Lipinski definition) is 1. The third kappa shape index (κ3) is 4.85. The van der Waals surface area contributed by atoms with Crippen LogP contribution < -0.4 is 15.1 Å². The number of aromatic nitrogens is 2. The number of rotatable bonds is 6. The Balaban J connectivity index is 1.75. The highest BCUT2D eigenvalue weighted by Gasteiger charge is 2.13. The molecule has 0 radical (unpaired) electrons. The van der Waals surface area contributed by atoms with Gasteiger partial charge in [-0.3, -0.25) is 4.79 Å². The summed E-state index contributed by atoms with van der Waals surface area (Å²) in [7, 11) is 5.91. The number of nitrogens with one attached hydrogen (secondary N) is 1. The molecule has 2 aromatic carbocycles. The molecule has 0 saturated carbocycles. The lowest BCUT2D eigenvalue weighted by atomic mass is 10.2. The molecule has 6 heteroatoms. The Labute approximate surface area is 165 Å². The van der Waals surface area contributed by atoms with E-state index in [4.69, 9.17) is 0 Å². The van der Waals surface area contributed by atoms with Gasteiger partial charge in [-0.15, -0.1) is 0 Å². The van der Waals surface area contributed by atoms with Gasteiger partial charge in [0.1, 0.15) is 17.3 Å². The summed E-state index contributed by atoms with van der Waals surface area (Å²) in [6, 6.07) is 19.5. The Morgan fingerprint density at radius 3 is 2.29 bits per heavy atom. The topological polar surface area (TPSA) is 61.4 Å². The largest absolute Gasteiger partial charge is 0.378 e. The summed E-state index contributed by atoms with van der Waals surface area (Å²) in [6.07, 6.45) is 0. The Morgan fingerprint density at radius 2 is 1.64 bits per heavy atom. The van der Waals surface area contributed by atoms with Gasteiger partial charge >= 0.3 is 0 Å². The minimum absolute atomic E-state index is 0.252. The van der Waals surface area contributed by atoms with Gasteiger partial charge in [-0.05, 0) is 36.8 Å². The monoisotopic (exact) mass is 375 g/mol. The zero-order chi connectivity index (χ0) is 20.1. The van der Waals surface area contributed by atoms with Crippen molar-refractivity contribution in [2.75, 3.05) is 36.3 Å². The van der Waals surface area contributed by atoms with Crippen molar-refractivity contribution >= 4 is 23.1 Å². The lowest BCUT2D eigenvalue weighted by molar-refractivity contribution is 0.102. The van der Waals surface area contributed by atoms with Crippen LogP contribution in [0.15, 0.2) is 60.7 Å². The molecular formula is C22H25N5O. The lowest BCUT2D eigenvalue weighted by Crippen LogP contribution is -2.21. The maximum Gasteiger partial charge on any atom is 0.274 e. The highest BCUT2D eigenvalue weighted by molar-refractivity contribution is 6.03.